The van der Waals surface area contributed by atoms with Crippen molar-refractivity contribution in [3.05, 3.63) is 23.8 Å². The number of rotatable bonds is 3. The normalized spacial score (nSPS) is 9.21. The number of carbonyl (C=O) groups excluding carboxylic acids is 2. The minimum Gasteiger partial charge on any atom is -0.427 e. The quantitative estimate of drug-likeness (QED) is 0.476. The number of ether oxygens (including phenoxy) is 2. The van der Waals surface area contributed by atoms with Gasteiger partial charge in [-0.15, -0.1) is 0 Å². The van der Waals surface area contributed by atoms with Gasteiger partial charge in [0, 0.05) is 26.3 Å². The topological polar surface area (TPSA) is 52.6 Å². The molecule has 19 heavy (non-hydrogen) atoms. The van der Waals surface area contributed by atoms with Gasteiger partial charge in [0.05, 0.1) is 5.56 Å². The first kappa shape index (κ1) is 14.8. The monoisotopic (exact) mass is 260 g/mol. The summed E-state index contributed by atoms with van der Waals surface area (Å²) in [6.45, 7) is 4.65. The molecular weight excluding hydrogens is 244 g/mol. The standard InChI is InChI=1S/C15H16O4/c1-4-5-6-7-13-8-9-14(18-11(2)16)10-15(13)19-12(3)17/h8-10H,4-5H2,1-3H3. The van der Waals surface area contributed by atoms with Gasteiger partial charge in [-0.2, -0.15) is 0 Å². The molecular formula is C15H16O4. The zero-order chi connectivity index (χ0) is 14.3. The van der Waals surface area contributed by atoms with Crippen molar-refractivity contribution in [2.75, 3.05) is 0 Å². The molecule has 4 nitrogen and oxygen atoms in total. The van der Waals surface area contributed by atoms with E-state index >= 15 is 0 Å². The highest BCUT2D eigenvalue weighted by Gasteiger charge is 2.08. The molecule has 0 saturated heterocycles. The summed E-state index contributed by atoms with van der Waals surface area (Å²) >= 11 is 0. The largest absolute Gasteiger partial charge is 0.427 e. The summed E-state index contributed by atoms with van der Waals surface area (Å²) in [6, 6.07) is 4.77. The van der Waals surface area contributed by atoms with E-state index in [1.54, 1.807) is 12.1 Å². The molecule has 0 amide bonds. The van der Waals surface area contributed by atoms with E-state index in [9.17, 15) is 9.59 Å². The van der Waals surface area contributed by atoms with Crippen molar-refractivity contribution in [1.82, 2.24) is 0 Å². The predicted octanol–water partition coefficient (Wildman–Crippen LogP) is 2.69. The summed E-state index contributed by atoms with van der Waals surface area (Å²) in [4.78, 5) is 21.9. The van der Waals surface area contributed by atoms with Gasteiger partial charge < -0.3 is 9.47 Å². The van der Waals surface area contributed by atoms with Crippen LogP contribution in [0.25, 0.3) is 0 Å². The first-order valence-corrected chi connectivity index (χ1v) is 6.02. The molecule has 0 aliphatic rings. The lowest BCUT2D eigenvalue weighted by Crippen LogP contribution is -2.05. The maximum Gasteiger partial charge on any atom is 0.308 e. The Labute approximate surface area is 112 Å². The average Bonchev–Trinajstić information content (AvgIpc) is 2.30. The Bertz CT molecular complexity index is 535. The van der Waals surface area contributed by atoms with E-state index in [1.807, 2.05) is 6.92 Å². The highest BCUT2D eigenvalue weighted by molar-refractivity contribution is 5.72. The van der Waals surface area contributed by atoms with E-state index < -0.39 is 11.9 Å². The molecule has 0 N–H and O–H groups in total. The fourth-order valence-corrected chi connectivity index (χ4v) is 1.36. The Hall–Kier alpha value is -2.28. The van der Waals surface area contributed by atoms with Crippen LogP contribution in [-0.2, 0) is 9.59 Å². The third-order valence-corrected chi connectivity index (χ3v) is 2.07. The van der Waals surface area contributed by atoms with Gasteiger partial charge in [0.25, 0.3) is 0 Å². The first-order chi connectivity index (χ1) is 9.02. The lowest BCUT2D eigenvalue weighted by molar-refractivity contribution is -0.132. The number of esters is 2. The van der Waals surface area contributed by atoms with Gasteiger partial charge in [0.1, 0.15) is 11.5 Å². The van der Waals surface area contributed by atoms with Crippen LogP contribution in [0.2, 0.25) is 0 Å². The minimum atomic E-state index is -0.446. The van der Waals surface area contributed by atoms with E-state index in [2.05, 4.69) is 11.8 Å². The fraction of sp³-hybridized carbons (Fsp3) is 0.333. The third kappa shape index (κ3) is 5.26. The Balaban J connectivity index is 3.06. The van der Waals surface area contributed by atoms with Crippen molar-refractivity contribution in [2.45, 2.75) is 33.6 Å². The molecule has 0 aliphatic carbocycles. The second kappa shape index (κ2) is 7.22. The fourth-order valence-electron chi connectivity index (χ4n) is 1.36. The molecule has 1 aromatic carbocycles. The van der Waals surface area contributed by atoms with E-state index in [4.69, 9.17) is 9.47 Å². The van der Waals surface area contributed by atoms with Gasteiger partial charge in [-0.3, -0.25) is 9.59 Å². The average molecular weight is 260 g/mol. The lowest BCUT2D eigenvalue weighted by Gasteiger charge is -2.07. The van der Waals surface area contributed by atoms with Crippen molar-refractivity contribution < 1.29 is 19.1 Å². The van der Waals surface area contributed by atoms with Crippen LogP contribution in [0.15, 0.2) is 18.2 Å². The summed E-state index contributed by atoms with van der Waals surface area (Å²) in [7, 11) is 0. The maximum absolute atomic E-state index is 11.1. The van der Waals surface area contributed by atoms with Crippen LogP contribution in [0.4, 0.5) is 0 Å². The Kier molecular flexibility index (Phi) is 5.62. The zero-order valence-corrected chi connectivity index (χ0v) is 11.3. The van der Waals surface area contributed by atoms with Gasteiger partial charge in [0.15, 0.2) is 0 Å². The van der Waals surface area contributed by atoms with Crippen LogP contribution in [0, 0.1) is 11.8 Å². The van der Waals surface area contributed by atoms with Crippen LogP contribution < -0.4 is 9.47 Å². The number of unbranched alkanes of at least 4 members (excludes halogenated alkanes) is 1. The second-order valence-electron chi connectivity index (χ2n) is 3.90. The van der Waals surface area contributed by atoms with Crippen LogP contribution in [-0.4, -0.2) is 11.9 Å². The van der Waals surface area contributed by atoms with Crippen LogP contribution in [0.1, 0.15) is 39.2 Å². The molecule has 0 saturated carbocycles. The molecule has 0 heterocycles. The Morgan fingerprint density at radius 2 is 1.84 bits per heavy atom. The molecule has 0 fully saturated rings. The number of carbonyl (C=O) groups is 2. The van der Waals surface area contributed by atoms with Gasteiger partial charge in [-0.05, 0) is 18.6 Å². The third-order valence-electron chi connectivity index (χ3n) is 2.07. The van der Waals surface area contributed by atoms with Gasteiger partial charge >= 0.3 is 11.9 Å². The summed E-state index contributed by atoms with van der Waals surface area (Å²) in [5.74, 6) is 5.66. The van der Waals surface area contributed by atoms with E-state index in [1.165, 1.54) is 19.9 Å². The maximum atomic E-state index is 11.1. The molecule has 0 bridgehead atoms. The Morgan fingerprint density at radius 1 is 1.16 bits per heavy atom. The summed E-state index contributed by atoms with van der Waals surface area (Å²) in [5.41, 5.74) is 0.597. The predicted molar refractivity (Wildman–Crippen MR) is 70.8 cm³/mol. The highest BCUT2D eigenvalue weighted by Crippen LogP contribution is 2.24. The van der Waals surface area contributed by atoms with Gasteiger partial charge in [0.2, 0.25) is 0 Å². The van der Waals surface area contributed by atoms with Crippen molar-refractivity contribution in [1.29, 1.82) is 0 Å². The van der Waals surface area contributed by atoms with Crippen molar-refractivity contribution in [3.63, 3.8) is 0 Å². The van der Waals surface area contributed by atoms with Crippen molar-refractivity contribution >= 4 is 11.9 Å². The first-order valence-electron chi connectivity index (χ1n) is 6.02. The summed E-state index contributed by atoms with van der Waals surface area (Å²) in [5, 5.41) is 0. The second-order valence-corrected chi connectivity index (χ2v) is 3.90. The number of hydrogen-bond donors (Lipinski definition) is 0. The van der Waals surface area contributed by atoms with Crippen LogP contribution in [0.5, 0.6) is 11.5 Å². The molecule has 0 atom stereocenters. The van der Waals surface area contributed by atoms with E-state index in [0.29, 0.717) is 17.1 Å². The smallest absolute Gasteiger partial charge is 0.308 e. The van der Waals surface area contributed by atoms with Crippen molar-refractivity contribution in [2.24, 2.45) is 0 Å². The van der Waals surface area contributed by atoms with Gasteiger partial charge in [-0.25, -0.2) is 0 Å². The minimum absolute atomic E-state index is 0.301. The molecule has 1 aromatic rings. The zero-order valence-electron chi connectivity index (χ0n) is 11.3. The number of benzene rings is 1. The number of hydrogen-bond acceptors (Lipinski definition) is 4. The van der Waals surface area contributed by atoms with Crippen LogP contribution in [0.3, 0.4) is 0 Å². The molecule has 0 unspecified atom stereocenters. The summed E-state index contributed by atoms with van der Waals surface area (Å²) < 4.78 is 10.0. The Morgan fingerprint density at radius 3 is 2.42 bits per heavy atom. The van der Waals surface area contributed by atoms with E-state index in [0.717, 1.165) is 12.8 Å². The lowest BCUT2D eigenvalue weighted by atomic mass is 10.2. The molecule has 0 radical (unpaired) electrons. The molecule has 4 heteroatoms. The van der Waals surface area contributed by atoms with Gasteiger partial charge in [-0.1, -0.05) is 18.8 Å². The SMILES string of the molecule is CCCC#Cc1ccc(OC(C)=O)cc1OC(C)=O. The molecule has 100 valence electrons. The highest BCUT2D eigenvalue weighted by atomic mass is 16.5. The van der Waals surface area contributed by atoms with E-state index in [-0.39, 0.29) is 0 Å². The summed E-state index contributed by atoms with van der Waals surface area (Å²) in [6.07, 6.45) is 1.73. The van der Waals surface area contributed by atoms with Crippen molar-refractivity contribution in [3.8, 4) is 23.3 Å². The molecule has 0 aliphatic heterocycles. The molecule has 0 spiro atoms. The molecule has 0 aromatic heterocycles. The molecule has 1 rings (SSSR count). The van der Waals surface area contributed by atoms with Crippen LogP contribution >= 0.6 is 0 Å².